The third-order valence-corrected chi connectivity index (χ3v) is 5.38. The molecule has 2 aliphatic rings. The van der Waals surface area contributed by atoms with E-state index in [0.29, 0.717) is 22.0 Å². The quantitative estimate of drug-likeness (QED) is 0.654. The van der Waals surface area contributed by atoms with Crippen LogP contribution in [0.15, 0.2) is 36.9 Å². The van der Waals surface area contributed by atoms with Gasteiger partial charge in [0.05, 0.1) is 23.4 Å². The fourth-order valence-electron chi connectivity index (χ4n) is 3.28. The summed E-state index contributed by atoms with van der Waals surface area (Å²) in [6.45, 7) is 10.1. The topological polar surface area (TPSA) is 70.7 Å². The molecule has 2 N–H and O–H groups in total. The van der Waals surface area contributed by atoms with Gasteiger partial charge in [0.2, 0.25) is 5.91 Å². The van der Waals surface area contributed by atoms with E-state index in [9.17, 15) is 9.59 Å². The fraction of sp³-hybridized carbons (Fsp3) is 0.429. The summed E-state index contributed by atoms with van der Waals surface area (Å²) in [5, 5.41) is 6.17. The molecule has 2 amide bonds. The van der Waals surface area contributed by atoms with Crippen molar-refractivity contribution >= 4 is 29.1 Å². The Balaban J connectivity index is 1.66. The first kappa shape index (κ1) is 20.4. The van der Waals surface area contributed by atoms with Crippen molar-refractivity contribution in [2.75, 3.05) is 32.1 Å². The molecule has 150 valence electrons. The Morgan fingerprint density at radius 3 is 2.75 bits per heavy atom. The molecule has 7 heteroatoms. The van der Waals surface area contributed by atoms with Gasteiger partial charge in [-0.25, -0.2) is 0 Å². The molecule has 0 spiro atoms. The van der Waals surface area contributed by atoms with E-state index < -0.39 is 0 Å². The zero-order valence-electron chi connectivity index (χ0n) is 16.1. The van der Waals surface area contributed by atoms with Crippen LogP contribution in [0.25, 0.3) is 0 Å². The molecule has 1 atom stereocenters. The van der Waals surface area contributed by atoms with Gasteiger partial charge in [0.1, 0.15) is 5.75 Å². The maximum Gasteiger partial charge on any atom is 0.255 e. The lowest BCUT2D eigenvalue weighted by Crippen LogP contribution is -2.37. The standard InChI is InChI=1S/C21H26ClN3O3/c1-4-13(2)11-25-8-7-15(12-25)23-21(27)16-9-17(22)18(10-19(16)28-3)24-20(26)14-5-6-14/h4,9-10,14-15H,1-2,5-8,11-12H2,3H3,(H,23,27)(H,24,26). The number of anilines is 1. The SMILES string of the molecule is C=CC(=C)CN1CCC(NC(=O)c2cc(Cl)c(NC(=O)C3CC3)cc2OC)C1. The van der Waals surface area contributed by atoms with Crippen molar-refractivity contribution in [1.82, 2.24) is 10.2 Å². The highest BCUT2D eigenvalue weighted by atomic mass is 35.5. The fourth-order valence-corrected chi connectivity index (χ4v) is 3.50. The molecule has 1 unspecified atom stereocenters. The first-order valence-corrected chi connectivity index (χ1v) is 9.81. The number of ether oxygens (including phenoxy) is 1. The molecule has 6 nitrogen and oxygen atoms in total. The summed E-state index contributed by atoms with van der Waals surface area (Å²) in [4.78, 5) is 27.0. The minimum atomic E-state index is -0.242. The lowest BCUT2D eigenvalue weighted by atomic mass is 10.1. The van der Waals surface area contributed by atoms with Crippen LogP contribution in [-0.4, -0.2) is 49.5 Å². The monoisotopic (exact) mass is 403 g/mol. The van der Waals surface area contributed by atoms with Crippen LogP contribution in [-0.2, 0) is 4.79 Å². The van der Waals surface area contributed by atoms with Crippen LogP contribution in [0.1, 0.15) is 29.6 Å². The summed E-state index contributed by atoms with van der Waals surface area (Å²) in [5.41, 5.74) is 1.78. The van der Waals surface area contributed by atoms with Crippen LogP contribution in [0.2, 0.25) is 5.02 Å². The average molecular weight is 404 g/mol. The predicted molar refractivity (Wildman–Crippen MR) is 111 cm³/mol. The van der Waals surface area contributed by atoms with Gasteiger partial charge in [-0.2, -0.15) is 0 Å². The van der Waals surface area contributed by atoms with E-state index in [0.717, 1.165) is 44.5 Å². The highest BCUT2D eigenvalue weighted by Crippen LogP contribution is 2.34. The number of amides is 2. The van der Waals surface area contributed by atoms with E-state index in [1.165, 1.54) is 7.11 Å². The summed E-state index contributed by atoms with van der Waals surface area (Å²) >= 11 is 6.31. The first-order valence-electron chi connectivity index (χ1n) is 9.43. The molecular weight excluding hydrogens is 378 g/mol. The Labute approximate surface area is 170 Å². The largest absolute Gasteiger partial charge is 0.496 e. The van der Waals surface area contributed by atoms with Crippen molar-refractivity contribution in [3.05, 3.63) is 47.5 Å². The summed E-state index contributed by atoms with van der Waals surface area (Å²) in [6.07, 6.45) is 4.42. The molecule has 3 rings (SSSR count). The van der Waals surface area contributed by atoms with E-state index in [1.54, 1.807) is 18.2 Å². The van der Waals surface area contributed by atoms with Crippen molar-refractivity contribution in [2.24, 2.45) is 5.92 Å². The summed E-state index contributed by atoms with van der Waals surface area (Å²) < 4.78 is 5.37. The number of halogens is 1. The molecule has 2 fully saturated rings. The Hall–Kier alpha value is -2.31. The second-order valence-electron chi connectivity index (χ2n) is 7.35. The van der Waals surface area contributed by atoms with Crippen LogP contribution in [0.3, 0.4) is 0 Å². The van der Waals surface area contributed by atoms with Crippen molar-refractivity contribution in [1.29, 1.82) is 0 Å². The Kier molecular flexibility index (Phi) is 6.42. The maximum absolute atomic E-state index is 12.8. The summed E-state index contributed by atoms with van der Waals surface area (Å²) in [6, 6.07) is 3.19. The molecule has 1 aromatic carbocycles. The lowest BCUT2D eigenvalue weighted by molar-refractivity contribution is -0.117. The predicted octanol–water partition coefficient (Wildman–Crippen LogP) is 3.24. The molecule has 28 heavy (non-hydrogen) atoms. The number of nitrogens with one attached hydrogen (secondary N) is 2. The second-order valence-corrected chi connectivity index (χ2v) is 7.76. The Morgan fingerprint density at radius 2 is 2.11 bits per heavy atom. The first-order chi connectivity index (χ1) is 13.4. The number of hydrogen-bond acceptors (Lipinski definition) is 4. The van der Waals surface area contributed by atoms with Gasteiger partial charge in [0.15, 0.2) is 0 Å². The molecule has 0 bridgehead atoms. The van der Waals surface area contributed by atoms with Crippen LogP contribution in [0.5, 0.6) is 5.75 Å². The van der Waals surface area contributed by atoms with Gasteiger partial charge < -0.3 is 15.4 Å². The molecule has 1 saturated carbocycles. The molecule has 1 saturated heterocycles. The lowest BCUT2D eigenvalue weighted by Gasteiger charge is -2.18. The van der Waals surface area contributed by atoms with Crippen LogP contribution >= 0.6 is 11.6 Å². The minimum Gasteiger partial charge on any atom is -0.496 e. The molecule has 0 aromatic heterocycles. The van der Waals surface area contributed by atoms with Gasteiger partial charge in [-0.15, -0.1) is 0 Å². The van der Waals surface area contributed by atoms with Crippen LogP contribution in [0, 0.1) is 5.92 Å². The second kappa shape index (κ2) is 8.80. The minimum absolute atomic E-state index is 0.0443. The molecular formula is C21H26ClN3O3. The van der Waals surface area contributed by atoms with E-state index in [1.807, 2.05) is 0 Å². The smallest absolute Gasteiger partial charge is 0.255 e. The van der Waals surface area contributed by atoms with Crippen molar-refractivity contribution in [3.63, 3.8) is 0 Å². The van der Waals surface area contributed by atoms with Gasteiger partial charge >= 0.3 is 0 Å². The van der Waals surface area contributed by atoms with Gasteiger partial charge in [0, 0.05) is 37.7 Å². The number of rotatable bonds is 8. The Bertz CT molecular complexity index is 804. The zero-order chi connectivity index (χ0) is 20.3. The number of nitrogens with zero attached hydrogens (tertiary/aromatic N) is 1. The molecule has 1 aromatic rings. The number of likely N-dealkylation sites (tertiary alicyclic amines) is 1. The van der Waals surface area contributed by atoms with Gasteiger partial charge in [-0.1, -0.05) is 30.8 Å². The molecule has 1 aliphatic heterocycles. The number of benzene rings is 1. The summed E-state index contributed by atoms with van der Waals surface area (Å²) in [5.74, 6) is 0.150. The Morgan fingerprint density at radius 1 is 1.36 bits per heavy atom. The molecule has 1 heterocycles. The highest BCUT2D eigenvalue weighted by Gasteiger charge is 2.30. The average Bonchev–Trinajstić information content (AvgIpc) is 3.44. The van der Waals surface area contributed by atoms with E-state index in [2.05, 4.69) is 28.7 Å². The molecule has 0 radical (unpaired) electrons. The van der Waals surface area contributed by atoms with Gasteiger partial charge in [-0.3, -0.25) is 14.5 Å². The number of carbonyl (C=O) groups is 2. The van der Waals surface area contributed by atoms with Crippen molar-refractivity contribution < 1.29 is 14.3 Å². The number of methoxy groups -OCH3 is 1. The van der Waals surface area contributed by atoms with E-state index in [-0.39, 0.29) is 23.8 Å². The third kappa shape index (κ3) is 4.94. The normalized spacial score (nSPS) is 19.1. The summed E-state index contributed by atoms with van der Waals surface area (Å²) in [7, 11) is 1.49. The van der Waals surface area contributed by atoms with Crippen molar-refractivity contribution in [3.8, 4) is 5.75 Å². The number of carbonyl (C=O) groups excluding carboxylic acids is 2. The van der Waals surface area contributed by atoms with Crippen molar-refractivity contribution in [2.45, 2.75) is 25.3 Å². The van der Waals surface area contributed by atoms with Crippen LogP contribution < -0.4 is 15.4 Å². The third-order valence-electron chi connectivity index (χ3n) is 5.06. The number of hydrogen-bond donors (Lipinski definition) is 2. The molecule has 1 aliphatic carbocycles. The van der Waals surface area contributed by atoms with E-state index >= 15 is 0 Å². The maximum atomic E-state index is 12.8. The van der Waals surface area contributed by atoms with Gasteiger partial charge in [0.25, 0.3) is 5.91 Å². The highest BCUT2D eigenvalue weighted by molar-refractivity contribution is 6.34. The van der Waals surface area contributed by atoms with Gasteiger partial charge in [-0.05, 0) is 30.9 Å². The zero-order valence-corrected chi connectivity index (χ0v) is 16.8. The van der Waals surface area contributed by atoms with Crippen LogP contribution in [0.4, 0.5) is 5.69 Å². The van der Waals surface area contributed by atoms with E-state index in [4.69, 9.17) is 16.3 Å².